The molecule has 0 aromatic heterocycles. The third kappa shape index (κ3) is 3.89. The zero-order chi connectivity index (χ0) is 16.7. The highest BCUT2D eigenvalue weighted by atomic mass is 16.7. The molecule has 0 aromatic rings. The largest absolute Gasteiger partial charge is 0.464 e. The van der Waals surface area contributed by atoms with E-state index in [2.05, 4.69) is 0 Å². The quantitative estimate of drug-likeness (QED) is 0.565. The number of esters is 1. The number of nitrogens with zero attached hydrogens (tertiary/aromatic N) is 2. The summed E-state index contributed by atoms with van der Waals surface area (Å²) >= 11 is 0. The molecule has 2 aliphatic rings. The smallest absolute Gasteiger partial charge is 0.410 e. The van der Waals surface area contributed by atoms with Crippen molar-refractivity contribution in [3.63, 3.8) is 0 Å². The van der Waals surface area contributed by atoms with Gasteiger partial charge < -0.3 is 9.47 Å². The van der Waals surface area contributed by atoms with Gasteiger partial charge in [0.1, 0.15) is 24.8 Å². The average molecular weight is 315 g/mol. The Kier molecular flexibility index (Phi) is 4.41. The number of fused-ring (bicyclic) bond motifs is 1. The highest BCUT2D eigenvalue weighted by Gasteiger charge is 2.56. The number of rotatable bonds is 2. The van der Waals surface area contributed by atoms with Crippen molar-refractivity contribution in [3.05, 3.63) is 0 Å². The summed E-state index contributed by atoms with van der Waals surface area (Å²) in [7, 11) is 3.97. The maximum Gasteiger partial charge on any atom is 0.410 e. The van der Waals surface area contributed by atoms with E-state index in [1.165, 1.54) is 6.92 Å². The Balaban J connectivity index is 2.12. The molecule has 0 unspecified atom stereocenters. The van der Waals surface area contributed by atoms with Crippen molar-refractivity contribution < 1.29 is 28.5 Å². The van der Waals surface area contributed by atoms with Crippen LogP contribution < -0.4 is 0 Å². The van der Waals surface area contributed by atoms with Crippen molar-refractivity contribution in [2.75, 3.05) is 33.8 Å². The first-order valence-electron chi connectivity index (χ1n) is 7.63. The first-order valence-corrected chi connectivity index (χ1v) is 7.63. The molecule has 2 aliphatic heterocycles. The van der Waals surface area contributed by atoms with Crippen LogP contribution in [0, 0.1) is 5.92 Å². The van der Waals surface area contributed by atoms with Crippen molar-refractivity contribution in [2.24, 2.45) is 5.92 Å². The molecule has 1 amide bonds. The molecule has 7 heteroatoms. The Morgan fingerprint density at radius 2 is 1.95 bits per heavy atom. The van der Waals surface area contributed by atoms with Crippen LogP contribution in [0.15, 0.2) is 0 Å². The van der Waals surface area contributed by atoms with Gasteiger partial charge in [-0.3, -0.25) is 9.69 Å². The minimum atomic E-state index is -0.559. The number of amides is 1. The van der Waals surface area contributed by atoms with Crippen LogP contribution in [0.1, 0.15) is 27.7 Å². The van der Waals surface area contributed by atoms with E-state index in [1.54, 1.807) is 4.90 Å². The molecule has 22 heavy (non-hydrogen) atoms. The van der Waals surface area contributed by atoms with Crippen LogP contribution in [0.5, 0.6) is 0 Å². The predicted molar refractivity (Wildman–Crippen MR) is 78.7 cm³/mol. The molecule has 2 heterocycles. The molecule has 0 aromatic carbocycles. The van der Waals surface area contributed by atoms with Gasteiger partial charge in [-0.2, -0.15) is 9.48 Å². The summed E-state index contributed by atoms with van der Waals surface area (Å²) in [4.78, 5) is 31.2. The Morgan fingerprint density at radius 1 is 1.32 bits per heavy atom. The number of likely N-dealkylation sites (tertiary alicyclic amines) is 1. The SMILES string of the molecule is CC(=O)OC[C@@H]1[C@H]2O[N+](C)(C)C[C@H]2CN1C(=O)OC(C)(C)C. The number of carbonyl (C=O) groups excluding carboxylic acids is 2. The number of hydrogen-bond acceptors (Lipinski definition) is 5. The number of quaternary nitrogens is 1. The van der Waals surface area contributed by atoms with E-state index in [0.717, 1.165) is 6.54 Å². The van der Waals surface area contributed by atoms with E-state index in [9.17, 15) is 9.59 Å². The van der Waals surface area contributed by atoms with Gasteiger partial charge in [-0.05, 0) is 20.8 Å². The fourth-order valence-corrected chi connectivity index (χ4v) is 3.16. The van der Waals surface area contributed by atoms with Gasteiger partial charge in [-0.25, -0.2) is 4.79 Å². The third-order valence-corrected chi connectivity index (χ3v) is 3.84. The lowest BCUT2D eigenvalue weighted by molar-refractivity contribution is -1.07. The highest BCUT2D eigenvalue weighted by molar-refractivity contribution is 5.69. The van der Waals surface area contributed by atoms with E-state index >= 15 is 0 Å². The van der Waals surface area contributed by atoms with Crippen molar-refractivity contribution >= 4 is 12.1 Å². The van der Waals surface area contributed by atoms with Crippen LogP contribution in [0.4, 0.5) is 4.79 Å². The lowest BCUT2D eigenvalue weighted by Gasteiger charge is -2.31. The van der Waals surface area contributed by atoms with Crippen LogP contribution in [0.2, 0.25) is 0 Å². The van der Waals surface area contributed by atoms with Crippen LogP contribution in [0.25, 0.3) is 0 Å². The molecule has 3 atom stereocenters. The molecule has 0 aliphatic carbocycles. The molecule has 7 nitrogen and oxygen atoms in total. The minimum absolute atomic E-state index is 0.135. The summed E-state index contributed by atoms with van der Waals surface area (Å²) in [6.45, 7) is 8.38. The first-order chi connectivity index (χ1) is 9.98. The fourth-order valence-electron chi connectivity index (χ4n) is 3.16. The lowest BCUT2D eigenvalue weighted by Crippen LogP contribution is -2.48. The fraction of sp³-hybridized carbons (Fsp3) is 0.867. The summed E-state index contributed by atoms with van der Waals surface area (Å²) in [6.07, 6.45) is -0.519. The van der Waals surface area contributed by atoms with Crippen LogP contribution in [0.3, 0.4) is 0 Å². The van der Waals surface area contributed by atoms with Crippen molar-refractivity contribution in [2.45, 2.75) is 45.4 Å². The second kappa shape index (κ2) is 5.70. The topological polar surface area (TPSA) is 65.1 Å². The normalized spacial score (nSPS) is 30.1. The molecule has 126 valence electrons. The summed E-state index contributed by atoms with van der Waals surface area (Å²) in [5.41, 5.74) is -0.559. The summed E-state index contributed by atoms with van der Waals surface area (Å²) < 4.78 is 11.1. The van der Waals surface area contributed by atoms with Gasteiger partial charge in [-0.15, -0.1) is 0 Å². The van der Waals surface area contributed by atoms with Gasteiger partial charge in [-0.1, -0.05) is 0 Å². The molecule has 0 saturated carbocycles. The van der Waals surface area contributed by atoms with Crippen LogP contribution >= 0.6 is 0 Å². The van der Waals surface area contributed by atoms with Gasteiger partial charge >= 0.3 is 12.1 Å². The Morgan fingerprint density at radius 3 is 2.50 bits per heavy atom. The Hall–Kier alpha value is -1.34. The van der Waals surface area contributed by atoms with Crippen molar-refractivity contribution in [1.29, 1.82) is 0 Å². The zero-order valence-corrected chi connectivity index (χ0v) is 14.3. The third-order valence-electron chi connectivity index (χ3n) is 3.84. The van der Waals surface area contributed by atoms with Crippen LogP contribution in [-0.4, -0.2) is 73.1 Å². The zero-order valence-electron chi connectivity index (χ0n) is 14.3. The van der Waals surface area contributed by atoms with E-state index in [0.29, 0.717) is 11.2 Å². The van der Waals surface area contributed by atoms with Crippen molar-refractivity contribution in [3.8, 4) is 0 Å². The number of carbonyl (C=O) groups is 2. The van der Waals surface area contributed by atoms with E-state index in [-0.39, 0.29) is 36.7 Å². The molecule has 0 N–H and O–H groups in total. The van der Waals surface area contributed by atoms with E-state index in [1.807, 2.05) is 34.9 Å². The van der Waals surface area contributed by atoms with E-state index in [4.69, 9.17) is 14.3 Å². The minimum Gasteiger partial charge on any atom is -0.464 e. The predicted octanol–water partition coefficient (Wildman–Crippen LogP) is 1.18. The van der Waals surface area contributed by atoms with Gasteiger partial charge in [0.15, 0.2) is 6.10 Å². The Labute approximate surface area is 131 Å². The Bertz CT molecular complexity index is 457. The molecule has 0 radical (unpaired) electrons. The molecule has 2 saturated heterocycles. The van der Waals surface area contributed by atoms with E-state index < -0.39 is 5.60 Å². The van der Waals surface area contributed by atoms with Gasteiger partial charge in [0.05, 0.1) is 20.0 Å². The monoisotopic (exact) mass is 315 g/mol. The summed E-state index contributed by atoms with van der Waals surface area (Å²) in [6, 6.07) is -0.302. The molecular formula is C15H27N2O5+. The molecule has 2 rings (SSSR count). The highest BCUT2D eigenvalue weighted by Crippen LogP contribution is 2.36. The van der Waals surface area contributed by atoms with Crippen LogP contribution in [-0.2, 0) is 19.1 Å². The standard InChI is InChI=1S/C15H27N2O5/c1-10(18)20-9-12-13-11(8-17(5,6)22-13)7-16(12)14(19)21-15(2,3)4/h11-13H,7-9H2,1-6H3/q+1/t11-,12-,13+/m1/s1. The summed E-state index contributed by atoms with van der Waals surface area (Å²) in [5.74, 6) is -0.137. The molecule has 2 fully saturated rings. The summed E-state index contributed by atoms with van der Waals surface area (Å²) in [5, 5.41) is 0. The van der Waals surface area contributed by atoms with Crippen molar-refractivity contribution in [1.82, 2.24) is 4.90 Å². The average Bonchev–Trinajstić information content (AvgIpc) is 2.76. The molecule has 0 spiro atoms. The lowest BCUT2D eigenvalue weighted by atomic mass is 10.0. The van der Waals surface area contributed by atoms with Gasteiger partial charge in [0.2, 0.25) is 0 Å². The number of hydrogen-bond donors (Lipinski definition) is 0. The maximum atomic E-state index is 12.4. The second-order valence-corrected chi connectivity index (χ2v) is 7.59. The van der Waals surface area contributed by atoms with Gasteiger partial charge in [0.25, 0.3) is 0 Å². The second-order valence-electron chi connectivity index (χ2n) is 7.59. The van der Waals surface area contributed by atoms with Gasteiger partial charge in [0, 0.05) is 13.5 Å². The molecule has 0 bridgehead atoms. The molecular weight excluding hydrogens is 288 g/mol. The maximum absolute atomic E-state index is 12.4. The number of ether oxygens (including phenoxy) is 2. The number of hydroxylamine groups is 3. The first kappa shape index (κ1) is 17.0.